The maximum absolute atomic E-state index is 12.8. The number of hydrogen-bond acceptors (Lipinski definition) is 2. The van der Waals surface area contributed by atoms with E-state index in [1.54, 1.807) is 0 Å². The Balaban J connectivity index is 3.19. The number of hydrogen-bond donors (Lipinski definition) is 1. The summed E-state index contributed by atoms with van der Waals surface area (Å²) in [5.74, 6) is 0.593. The van der Waals surface area contributed by atoms with Gasteiger partial charge in [-0.1, -0.05) is 47.6 Å². The normalized spacial score (nSPS) is 13.7. The van der Waals surface area contributed by atoms with Gasteiger partial charge in [0.1, 0.15) is 0 Å². The highest BCUT2D eigenvalue weighted by molar-refractivity contribution is 5.22. The third-order valence-corrected chi connectivity index (χ3v) is 3.86. The molecule has 1 heterocycles. The first kappa shape index (κ1) is 18.0. The van der Waals surface area contributed by atoms with E-state index in [2.05, 4.69) is 59.8 Å². The second-order valence-electron chi connectivity index (χ2n) is 7.45. The fraction of sp³-hybridized carbons (Fsp3) is 0.722. The van der Waals surface area contributed by atoms with Crippen LogP contribution in [0.5, 0.6) is 0 Å². The molecule has 1 unspecified atom stereocenters. The number of nitrogens with one attached hydrogen (secondary N) is 1. The first-order chi connectivity index (χ1) is 9.68. The summed E-state index contributed by atoms with van der Waals surface area (Å²) in [6, 6.07) is 4.35. The fourth-order valence-electron chi connectivity index (χ4n) is 2.46. The van der Waals surface area contributed by atoms with Gasteiger partial charge in [-0.3, -0.25) is 4.79 Å². The average molecular weight is 292 g/mol. The standard InChI is InChI=1S/C18H32N2O/c1-8-14(4)20-16(18(5,6)7)10-9-15(17(20)21)12-19-11-13(2)3/h9-10,13-14,19H,8,11-12H2,1-7H3. The summed E-state index contributed by atoms with van der Waals surface area (Å²) in [7, 11) is 0. The molecule has 0 aliphatic rings. The van der Waals surface area contributed by atoms with Crippen molar-refractivity contribution < 1.29 is 0 Å². The molecule has 0 amide bonds. The molecule has 3 heteroatoms. The first-order valence-electron chi connectivity index (χ1n) is 8.14. The topological polar surface area (TPSA) is 34.0 Å². The van der Waals surface area contributed by atoms with Crippen LogP contribution in [0.4, 0.5) is 0 Å². The molecular formula is C18H32N2O. The van der Waals surface area contributed by atoms with Crippen LogP contribution in [0.2, 0.25) is 0 Å². The molecule has 0 saturated heterocycles. The average Bonchev–Trinajstić information content (AvgIpc) is 2.37. The lowest BCUT2D eigenvalue weighted by Gasteiger charge is -2.28. The zero-order chi connectivity index (χ0) is 16.2. The van der Waals surface area contributed by atoms with E-state index in [4.69, 9.17) is 0 Å². The Bertz CT molecular complexity index is 509. The molecule has 21 heavy (non-hydrogen) atoms. The second-order valence-corrected chi connectivity index (χ2v) is 7.45. The summed E-state index contributed by atoms with van der Waals surface area (Å²) in [4.78, 5) is 12.8. The summed E-state index contributed by atoms with van der Waals surface area (Å²) in [5, 5.41) is 3.37. The maximum atomic E-state index is 12.8. The van der Waals surface area contributed by atoms with E-state index in [0.29, 0.717) is 12.5 Å². The Hall–Kier alpha value is -1.09. The number of rotatable bonds is 6. The molecule has 3 nitrogen and oxygen atoms in total. The predicted molar refractivity (Wildman–Crippen MR) is 90.9 cm³/mol. The summed E-state index contributed by atoms with van der Waals surface area (Å²) < 4.78 is 1.99. The lowest BCUT2D eigenvalue weighted by molar-refractivity contribution is 0.434. The van der Waals surface area contributed by atoms with Crippen molar-refractivity contribution in [2.45, 2.75) is 72.9 Å². The molecule has 1 aromatic rings. The molecule has 1 atom stereocenters. The van der Waals surface area contributed by atoms with Gasteiger partial charge in [0.25, 0.3) is 5.56 Å². The van der Waals surface area contributed by atoms with Gasteiger partial charge in [-0.05, 0) is 31.9 Å². The smallest absolute Gasteiger partial charge is 0.255 e. The van der Waals surface area contributed by atoms with Gasteiger partial charge in [0.05, 0.1) is 0 Å². The highest BCUT2D eigenvalue weighted by Crippen LogP contribution is 2.24. The number of pyridine rings is 1. The zero-order valence-corrected chi connectivity index (χ0v) is 14.8. The van der Waals surface area contributed by atoms with Crippen molar-refractivity contribution in [2.24, 2.45) is 5.92 Å². The van der Waals surface area contributed by atoms with Gasteiger partial charge in [-0.2, -0.15) is 0 Å². The first-order valence-corrected chi connectivity index (χ1v) is 8.14. The van der Waals surface area contributed by atoms with Crippen LogP contribution in [0.25, 0.3) is 0 Å². The largest absolute Gasteiger partial charge is 0.312 e. The van der Waals surface area contributed by atoms with E-state index >= 15 is 0 Å². The maximum Gasteiger partial charge on any atom is 0.255 e. The number of aromatic nitrogens is 1. The molecule has 1 rings (SSSR count). The van der Waals surface area contributed by atoms with Gasteiger partial charge in [0.15, 0.2) is 0 Å². The SMILES string of the molecule is CCC(C)n1c(C(C)(C)C)ccc(CNCC(C)C)c1=O. The zero-order valence-electron chi connectivity index (χ0n) is 14.8. The Morgan fingerprint density at radius 1 is 1.19 bits per heavy atom. The minimum Gasteiger partial charge on any atom is -0.312 e. The Labute approximate surface area is 129 Å². The summed E-state index contributed by atoms with van der Waals surface area (Å²) in [6.45, 7) is 16.7. The quantitative estimate of drug-likeness (QED) is 0.864. The van der Waals surface area contributed by atoms with Gasteiger partial charge in [-0.15, -0.1) is 0 Å². The minimum atomic E-state index is -0.0213. The molecule has 0 fully saturated rings. The monoisotopic (exact) mass is 292 g/mol. The van der Waals surface area contributed by atoms with E-state index in [0.717, 1.165) is 24.2 Å². The van der Waals surface area contributed by atoms with Crippen LogP contribution in [0.1, 0.15) is 72.2 Å². The highest BCUT2D eigenvalue weighted by Gasteiger charge is 2.22. The van der Waals surface area contributed by atoms with Crippen LogP contribution in [-0.2, 0) is 12.0 Å². The molecule has 0 spiro atoms. The molecule has 0 saturated carbocycles. The van der Waals surface area contributed by atoms with Gasteiger partial charge in [-0.25, -0.2) is 0 Å². The Morgan fingerprint density at radius 2 is 1.81 bits per heavy atom. The summed E-state index contributed by atoms with van der Waals surface area (Å²) >= 11 is 0. The van der Waals surface area contributed by atoms with E-state index in [9.17, 15) is 4.79 Å². The van der Waals surface area contributed by atoms with Crippen molar-refractivity contribution in [1.29, 1.82) is 0 Å². The van der Waals surface area contributed by atoms with Crippen LogP contribution in [0, 0.1) is 5.92 Å². The molecule has 0 aromatic carbocycles. The summed E-state index contributed by atoms with van der Waals surface area (Å²) in [6.07, 6.45) is 0.964. The lowest BCUT2D eigenvalue weighted by atomic mass is 9.90. The van der Waals surface area contributed by atoms with Crippen molar-refractivity contribution in [3.05, 3.63) is 33.7 Å². The van der Waals surface area contributed by atoms with Crippen molar-refractivity contribution >= 4 is 0 Å². The third-order valence-electron chi connectivity index (χ3n) is 3.86. The number of nitrogens with zero attached hydrogens (tertiary/aromatic N) is 1. The molecule has 120 valence electrons. The van der Waals surface area contributed by atoms with E-state index in [1.165, 1.54) is 0 Å². The molecule has 0 aliphatic carbocycles. The van der Waals surface area contributed by atoms with Gasteiger partial charge in [0, 0.05) is 29.3 Å². The van der Waals surface area contributed by atoms with E-state index in [-0.39, 0.29) is 17.0 Å². The molecular weight excluding hydrogens is 260 g/mol. The van der Waals surface area contributed by atoms with Crippen LogP contribution >= 0.6 is 0 Å². The summed E-state index contributed by atoms with van der Waals surface area (Å²) in [5.41, 5.74) is 2.12. The van der Waals surface area contributed by atoms with Crippen molar-refractivity contribution in [2.75, 3.05) is 6.54 Å². The third kappa shape index (κ3) is 4.70. The van der Waals surface area contributed by atoms with Gasteiger partial charge in [0.2, 0.25) is 0 Å². The van der Waals surface area contributed by atoms with Gasteiger partial charge >= 0.3 is 0 Å². The molecule has 1 N–H and O–H groups in total. The second kappa shape index (κ2) is 7.26. The highest BCUT2D eigenvalue weighted by atomic mass is 16.1. The minimum absolute atomic E-state index is 0.0213. The lowest BCUT2D eigenvalue weighted by Crippen LogP contribution is -2.35. The van der Waals surface area contributed by atoms with Crippen molar-refractivity contribution in [3.8, 4) is 0 Å². The van der Waals surface area contributed by atoms with Crippen molar-refractivity contribution in [3.63, 3.8) is 0 Å². The Kier molecular flexibility index (Phi) is 6.21. The van der Waals surface area contributed by atoms with Gasteiger partial charge < -0.3 is 9.88 Å². The van der Waals surface area contributed by atoms with Crippen LogP contribution in [-0.4, -0.2) is 11.1 Å². The fourth-order valence-corrected chi connectivity index (χ4v) is 2.46. The van der Waals surface area contributed by atoms with E-state index in [1.807, 2.05) is 10.6 Å². The predicted octanol–water partition coefficient (Wildman–Crippen LogP) is 3.86. The van der Waals surface area contributed by atoms with Crippen LogP contribution < -0.4 is 10.9 Å². The van der Waals surface area contributed by atoms with Crippen LogP contribution in [0.3, 0.4) is 0 Å². The van der Waals surface area contributed by atoms with Crippen molar-refractivity contribution in [1.82, 2.24) is 9.88 Å². The Morgan fingerprint density at radius 3 is 2.29 bits per heavy atom. The van der Waals surface area contributed by atoms with E-state index < -0.39 is 0 Å². The molecule has 0 aliphatic heterocycles. The molecule has 0 bridgehead atoms. The molecule has 0 radical (unpaired) electrons. The van der Waals surface area contributed by atoms with Crippen LogP contribution in [0.15, 0.2) is 16.9 Å². The molecule has 1 aromatic heterocycles.